The minimum Gasteiger partial charge on any atom is -0.212 e. The number of piperidine rings is 1. The van der Waals surface area contributed by atoms with E-state index in [1.165, 1.54) is 4.31 Å². The lowest BCUT2D eigenvalue weighted by atomic mass is 9.82. The van der Waals surface area contributed by atoms with Crippen molar-refractivity contribution in [1.29, 1.82) is 0 Å². The molecule has 1 aliphatic heterocycles. The number of aryl methyl sites for hydroxylation is 1. The number of hydrogen-bond donors (Lipinski definition) is 0. The summed E-state index contributed by atoms with van der Waals surface area (Å²) < 4.78 is 53.9. The van der Waals surface area contributed by atoms with E-state index in [4.69, 9.17) is 0 Å². The van der Waals surface area contributed by atoms with Crippen LogP contribution in [-0.4, -0.2) is 30.9 Å². The van der Waals surface area contributed by atoms with Crippen molar-refractivity contribution >= 4 is 10.0 Å². The summed E-state index contributed by atoms with van der Waals surface area (Å²) in [7, 11) is -3.67. The van der Waals surface area contributed by atoms with E-state index < -0.39 is 27.6 Å². The van der Waals surface area contributed by atoms with Gasteiger partial charge in [-0.2, -0.15) is 4.31 Å². The first-order valence-electron chi connectivity index (χ1n) is 8.23. The van der Waals surface area contributed by atoms with Gasteiger partial charge in [-0.05, 0) is 31.7 Å². The van der Waals surface area contributed by atoms with Gasteiger partial charge in [0.25, 0.3) is 5.92 Å². The maximum atomic E-state index is 13.5. The summed E-state index contributed by atoms with van der Waals surface area (Å²) in [6.07, 6.45) is 2.63. The Bertz CT molecular complexity index is 675. The molecule has 2 atom stereocenters. The van der Waals surface area contributed by atoms with E-state index in [1.807, 2.05) is 31.2 Å². The molecule has 1 aromatic carbocycles. The second-order valence-electron chi connectivity index (χ2n) is 6.81. The van der Waals surface area contributed by atoms with Crippen LogP contribution in [0.4, 0.5) is 8.78 Å². The summed E-state index contributed by atoms with van der Waals surface area (Å²) in [5.41, 5.74) is 2.05. The molecule has 6 heteroatoms. The summed E-state index contributed by atoms with van der Waals surface area (Å²) in [5.74, 6) is -4.27. The Kier molecular flexibility index (Phi) is 4.49. The Labute approximate surface area is 136 Å². The molecule has 0 aromatic heterocycles. The Balaban J connectivity index is 1.83. The van der Waals surface area contributed by atoms with Gasteiger partial charge >= 0.3 is 0 Å². The molecule has 0 amide bonds. The molecule has 2 aliphatic rings. The molecule has 3 rings (SSSR count). The minimum absolute atomic E-state index is 0.186. The van der Waals surface area contributed by atoms with Crippen molar-refractivity contribution in [2.75, 3.05) is 12.3 Å². The summed E-state index contributed by atoms with van der Waals surface area (Å²) in [6.45, 7) is 2.40. The third kappa shape index (κ3) is 3.43. The zero-order valence-corrected chi connectivity index (χ0v) is 14.2. The lowest BCUT2D eigenvalue weighted by Crippen LogP contribution is -2.48. The van der Waals surface area contributed by atoms with Crippen LogP contribution in [0.15, 0.2) is 24.3 Å². The number of halogens is 2. The van der Waals surface area contributed by atoms with E-state index in [0.29, 0.717) is 13.0 Å². The number of hydrogen-bond acceptors (Lipinski definition) is 2. The molecule has 3 nitrogen and oxygen atoms in total. The van der Waals surface area contributed by atoms with Crippen LogP contribution >= 0.6 is 0 Å². The topological polar surface area (TPSA) is 37.4 Å². The van der Waals surface area contributed by atoms with Crippen LogP contribution in [0.2, 0.25) is 0 Å². The predicted molar refractivity (Wildman–Crippen MR) is 85.9 cm³/mol. The highest BCUT2D eigenvalue weighted by atomic mass is 32.2. The van der Waals surface area contributed by atoms with Gasteiger partial charge in [0.1, 0.15) is 0 Å². The summed E-state index contributed by atoms with van der Waals surface area (Å²) in [6, 6.07) is 7.60. The first-order chi connectivity index (χ1) is 10.8. The lowest BCUT2D eigenvalue weighted by Gasteiger charge is -2.40. The van der Waals surface area contributed by atoms with E-state index in [0.717, 1.165) is 30.4 Å². The average molecular weight is 343 g/mol. The minimum atomic E-state index is -3.67. The Morgan fingerprint density at radius 1 is 1.26 bits per heavy atom. The fraction of sp³-hybridized carbons (Fsp3) is 0.647. The highest BCUT2D eigenvalue weighted by Crippen LogP contribution is 2.45. The zero-order chi connectivity index (χ0) is 16.7. The van der Waals surface area contributed by atoms with E-state index in [-0.39, 0.29) is 12.5 Å². The summed E-state index contributed by atoms with van der Waals surface area (Å²) >= 11 is 0. The highest BCUT2D eigenvalue weighted by molar-refractivity contribution is 7.89. The van der Waals surface area contributed by atoms with Crippen LogP contribution in [0.5, 0.6) is 0 Å². The normalized spacial score (nSPS) is 28.3. The van der Waals surface area contributed by atoms with Crippen molar-refractivity contribution in [2.24, 2.45) is 5.92 Å². The largest absolute Gasteiger partial charge is 0.251 e. The fourth-order valence-electron chi connectivity index (χ4n) is 3.57. The number of benzene rings is 1. The summed E-state index contributed by atoms with van der Waals surface area (Å²) in [4.78, 5) is 0. The molecule has 23 heavy (non-hydrogen) atoms. The summed E-state index contributed by atoms with van der Waals surface area (Å²) in [5, 5.41) is 0. The first kappa shape index (κ1) is 16.8. The Hall–Kier alpha value is -1.01. The highest BCUT2D eigenvalue weighted by Gasteiger charge is 2.51. The first-order valence-corrected chi connectivity index (χ1v) is 9.84. The van der Waals surface area contributed by atoms with Gasteiger partial charge in [-0.25, -0.2) is 17.2 Å². The van der Waals surface area contributed by atoms with Gasteiger partial charge < -0.3 is 0 Å². The Morgan fingerprint density at radius 3 is 2.65 bits per heavy atom. The molecule has 1 aromatic rings. The van der Waals surface area contributed by atoms with Crippen molar-refractivity contribution in [1.82, 2.24) is 4.31 Å². The molecule has 2 unspecified atom stereocenters. The number of alkyl halides is 2. The number of rotatable bonds is 4. The molecule has 128 valence electrons. The molecular weight excluding hydrogens is 320 g/mol. The molecule has 0 bridgehead atoms. The molecule has 0 spiro atoms. The smallest absolute Gasteiger partial charge is 0.212 e. The molecule has 1 heterocycles. The van der Waals surface area contributed by atoms with E-state index in [2.05, 4.69) is 0 Å². The zero-order valence-electron chi connectivity index (χ0n) is 13.3. The third-order valence-electron chi connectivity index (χ3n) is 5.07. The van der Waals surface area contributed by atoms with E-state index in [1.54, 1.807) is 0 Å². The van der Waals surface area contributed by atoms with Gasteiger partial charge in [-0.3, -0.25) is 0 Å². The molecule has 0 N–H and O–H groups in total. The van der Waals surface area contributed by atoms with Crippen molar-refractivity contribution in [3.05, 3.63) is 35.4 Å². The van der Waals surface area contributed by atoms with Gasteiger partial charge in [0, 0.05) is 24.9 Å². The SMILES string of the molecule is Cc1cccc(C2CCCCN2S(=O)(=O)CC2CCC2(F)F)c1. The van der Waals surface area contributed by atoms with Crippen LogP contribution in [0.3, 0.4) is 0 Å². The van der Waals surface area contributed by atoms with Gasteiger partial charge in [0.05, 0.1) is 5.75 Å². The predicted octanol–water partition coefficient (Wildman–Crippen LogP) is 3.90. The van der Waals surface area contributed by atoms with Crippen molar-refractivity contribution in [3.63, 3.8) is 0 Å². The molecule has 1 aliphatic carbocycles. The maximum absolute atomic E-state index is 13.5. The van der Waals surface area contributed by atoms with E-state index >= 15 is 0 Å². The molecule has 1 saturated heterocycles. The molecular formula is C17H23F2NO2S. The van der Waals surface area contributed by atoms with Crippen LogP contribution in [0.25, 0.3) is 0 Å². The van der Waals surface area contributed by atoms with Crippen molar-refractivity contribution in [3.8, 4) is 0 Å². The van der Waals surface area contributed by atoms with Crippen LogP contribution < -0.4 is 0 Å². The average Bonchev–Trinajstić information content (AvgIpc) is 2.52. The lowest BCUT2D eigenvalue weighted by molar-refractivity contribution is -0.122. The van der Waals surface area contributed by atoms with Crippen molar-refractivity contribution in [2.45, 2.75) is 51.0 Å². The van der Waals surface area contributed by atoms with Crippen LogP contribution in [-0.2, 0) is 10.0 Å². The quantitative estimate of drug-likeness (QED) is 0.831. The maximum Gasteiger partial charge on any atom is 0.251 e. The molecule has 2 fully saturated rings. The van der Waals surface area contributed by atoms with Gasteiger partial charge in [-0.1, -0.05) is 36.2 Å². The van der Waals surface area contributed by atoms with Crippen LogP contribution in [0.1, 0.15) is 49.3 Å². The van der Waals surface area contributed by atoms with Gasteiger partial charge in [0.15, 0.2) is 0 Å². The molecule has 0 radical (unpaired) electrons. The van der Waals surface area contributed by atoms with Gasteiger partial charge in [0.2, 0.25) is 10.0 Å². The van der Waals surface area contributed by atoms with Crippen molar-refractivity contribution < 1.29 is 17.2 Å². The van der Waals surface area contributed by atoms with E-state index in [9.17, 15) is 17.2 Å². The number of nitrogens with zero attached hydrogens (tertiary/aromatic N) is 1. The fourth-order valence-corrected chi connectivity index (χ4v) is 5.70. The number of sulfonamides is 1. The third-order valence-corrected chi connectivity index (χ3v) is 7.05. The monoisotopic (exact) mass is 343 g/mol. The standard InChI is InChI=1S/C17H23F2NO2S/c1-13-5-4-6-14(11-13)16-7-2-3-10-20(16)23(21,22)12-15-8-9-17(15,18)19/h4-6,11,15-16H,2-3,7-10,12H2,1H3. The molecule has 1 saturated carbocycles. The Morgan fingerprint density at radius 2 is 2.04 bits per heavy atom. The second-order valence-corrected chi connectivity index (χ2v) is 8.78. The van der Waals surface area contributed by atoms with Gasteiger partial charge in [-0.15, -0.1) is 0 Å². The second kappa shape index (κ2) is 6.13. The van der Waals surface area contributed by atoms with Crippen LogP contribution in [0, 0.1) is 12.8 Å².